The molecule has 5 rings (SSSR count). The van der Waals surface area contributed by atoms with Gasteiger partial charge in [0.25, 0.3) is 5.91 Å². The molecule has 0 spiro atoms. The molecule has 0 bridgehead atoms. The summed E-state index contributed by atoms with van der Waals surface area (Å²) in [6.45, 7) is 4.64. The Kier molecular flexibility index (Phi) is 6.10. The standard InChI is InChI=1S/C27H25N5OS/c1-18(2)30-27-29-15-24(34-27)21-13-22(20-11-7-4-8-12-20)25-31-23(17-32(25)16-21)26(33)28-14-19-9-5-3-6-10-19/h3-13,15-18H,14H2,1-2H3,(H,28,33)(H,29,30). The first-order valence-corrected chi connectivity index (χ1v) is 12.0. The Morgan fingerprint density at radius 1 is 1.00 bits per heavy atom. The summed E-state index contributed by atoms with van der Waals surface area (Å²) in [7, 11) is 0. The highest BCUT2D eigenvalue weighted by atomic mass is 32.1. The van der Waals surface area contributed by atoms with Gasteiger partial charge in [-0.2, -0.15) is 0 Å². The summed E-state index contributed by atoms with van der Waals surface area (Å²) in [5, 5.41) is 7.22. The van der Waals surface area contributed by atoms with Gasteiger partial charge in [0.1, 0.15) is 11.3 Å². The SMILES string of the molecule is CC(C)Nc1ncc(-c2cc(-c3ccccc3)c3nc(C(=O)NCc4ccccc4)cn3c2)s1. The Bertz CT molecular complexity index is 1420. The summed E-state index contributed by atoms with van der Waals surface area (Å²) in [4.78, 5) is 23.2. The molecule has 0 aliphatic rings. The lowest BCUT2D eigenvalue weighted by molar-refractivity contribution is 0.0946. The molecule has 7 heteroatoms. The molecule has 0 aliphatic heterocycles. The number of anilines is 1. The first kappa shape index (κ1) is 21.9. The second-order valence-electron chi connectivity index (χ2n) is 8.36. The molecular formula is C27H25N5OS. The lowest BCUT2D eigenvalue weighted by Crippen LogP contribution is -2.23. The number of hydrogen-bond acceptors (Lipinski definition) is 5. The lowest BCUT2D eigenvalue weighted by atomic mass is 10.0. The topological polar surface area (TPSA) is 71.3 Å². The predicted octanol–water partition coefficient (Wildman–Crippen LogP) is 5.88. The third-order valence-corrected chi connectivity index (χ3v) is 6.34. The number of benzene rings is 2. The second-order valence-corrected chi connectivity index (χ2v) is 9.39. The Hall–Kier alpha value is -3.97. The predicted molar refractivity (Wildman–Crippen MR) is 138 cm³/mol. The van der Waals surface area contributed by atoms with Crippen molar-refractivity contribution in [1.82, 2.24) is 19.7 Å². The van der Waals surface area contributed by atoms with Gasteiger partial charge in [0.05, 0.1) is 4.88 Å². The fourth-order valence-corrected chi connectivity index (χ4v) is 4.71. The zero-order chi connectivity index (χ0) is 23.5. The molecule has 5 aromatic rings. The molecule has 3 heterocycles. The van der Waals surface area contributed by atoms with Gasteiger partial charge in [0.15, 0.2) is 5.13 Å². The highest BCUT2D eigenvalue weighted by Gasteiger charge is 2.16. The number of carbonyl (C=O) groups is 1. The quantitative estimate of drug-likeness (QED) is 0.314. The van der Waals surface area contributed by atoms with Gasteiger partial charge in [-0.05, 0) is 31.0 Å². The van der Waals surface area contributed by atoms with Crippen LogP contribution >= 0.6 is 11.3 Å². The molecule has 3 aromatic heterocycles. The number of imidazole rings is 1. The molecule has 34 heavy (non-hydrogen) atoms. The van der Waals surface area contributed by atoms with Gasteiger partial charge in [-0.25, -0.2) is 9.97 Å². The number of rotatable bonds is 7. The van der Waals surface area contributed by atoms with Crippen LogP contribution in [0.4, 0.5) is 5.13 Å². The number of nitrogens with zero attached hydrogens (tertiary/aromatic N) is 3. The molecule has 0 saturated carbocycles. The molecular weight excluding hydrogens is 442 g/mol. The number of carbonyl (C=O) groups excluding carboxylic acids is 1. The van der Waals surface area contributed by atoms with Crippen LogP contribution in [0.3, 0.4) is 0 Å². The summed E-state index contributed by atoms with van der Waals surface area (Å²) in [6.07, 6.45) is 5.69. The fourth-order valence-electron chi connectivity index (χ4n) is 3.76. The second kappa shape index (κ2) is 9.49. The molecule has 0 unspecified atom stereocenters. The van der Waals surface area contributed by atoms with E-state index in [0.717, 1.165) is 37.9 Å². The minimum absolute atomic E-state index is 0.200. The highest BCUT2D eigenvalue weighted by molar-refractivity contribution is 7.18. The number of amides is 1. The molecule has 2 N–H and O–H groups in total. The molecule has 170 valence electrons. The minimum atomic E-state index is -0.200. The highest BCUT2D eigenvalue weighted by Crippen LogP contribution is 2.34. The van der Waals surface area contributed by atoms with Crippen molar-refractivity contribution < 1.29 is 4.79 Å². The summed E-state index contributed by atoms with van der Waals surface area (Å²) in [5.74, 6) is -0.200. The maximum atomic E-state index is 12.9. The minimum Gasteiger partial charge on any atom is -0.359 e. The van der Waals surface area contributed by atoms with E-state index in [1.165, 1.54) is 0 Å². The van der Waals surface area contributed by atoms with Crippen LogP contribution in [0.2, 0.25) is 0 Å². The van der Waals surface area contributed by atoms with Crippen molar-refractivity contribution in [1.29, 1.82) is 0 Å². The van der Waals surface area contributed by atoms with E-state index in [1.54, 1.807) is 17.5 Å². The van der Waals surface area contributed by atoms with Crippen LogP contribution in [0.5, 0.6) is 0 Å². The summed E-state index contributed by atoms with van der Waals surface area (Å²) in [6, 6.07) is 22.4. The summed E-state index contributed by atoms with van der Waals surface area (Å²) >= 11 is 1.61. The van der Waals surface area contributed by atoms with Crippen molar-refractivity contribution >= 4 is 28.0 Å². The van der Waals surface area contributed by atoms with Crippen molar-refractivity contribution in [3.63, 3.8) is 0 Å². The van der Waals surface area contributed by atoms with Gasteiger partial charge in [0.2, 0.25) is 0 Å². The molecule has 2 aromatic carbocycles. The molecule has 0 fully saturated rings. The summed E-state index contributed by atoms with van der Waals surface area (Å²) in [5.41, 5.74) is 5.20. The number of hydrogen-bond donors (Lipinski definition) is 2. The van der Waals surface area contributed by atoms with Gasteiger partial charge >= 0.3 is 0 Å². The lowest BCUT2D eigenvalue weighted by Gasteiger charge is -2.07. The number of thiazole rings is 1. The number of pyridine rings is 1. The Labute approximate surface area is 202 Å². The zero-order valence-corrected chi connectivity index (χ0v) is 19.8. The molecule has 1 amide bonds. The van der Waals surface area contributed by atoms with Gasteiger partial charge < -0.3 is 15.0 Å². The van der Waals surface area contributed by atoms with Crippen LogP contribution in [0, 0.1) is 0 Å². The summed E-state index contributed by atoms with van der Waals surface area (Å²) < 4.78 is 1.93. The van der Waals surface area contributed by atoms with E-state index in [-0.39, 0.29) is 5.91 Å². The number of nitrogens with one attached hydrogen (secondary N) is 2. The Morgan fingerprint density at radius 2 is 1.74 bits per heavy atom. The van der Waals surface area contributed by atoms with Gasteiger partial charge in [0, 0.05) is 42.3 Å². The largest absolute Gasteiger partial charge is 0.359 e. The van der Waals surface area contributed by atoms with Crippen molar-refractivity contribution in [2.45, 2.75) is 26.4 Å². The van der Waals surface area contributed by atoms with Crippen molar-refractivity contribution in [2.75, 3.05) is 5.32 Å². The van der Waals surface area contributed by atoms with Crippen LogP contribution in [0.1, 0.15) is 29.9 Å². The fraction of sp³-hybridized carbons (Fsp3) is 0.148. The maximum absolute atomic E-state index is 12.9. The van der Waals surface area contributed by atoms with E-state index < -0.39 is 0 Å². The smallest absolute Gasteiger partial charge is 0.271 e. The van der Waals surface area contributed by atoms with Crippen LogP contribution in [-0.4, -0.2) is 26.3 Å². The van der Waals surface area contributed by atoms with E-state index in [9.17, 15) is 4.79 Å². The average molecular weight is 468 g/mol. The van der Waals surface area contributed by atoms with Gasteiger partial charge in [-0.1, -0.05) is 72.0 Å². The first-order chi connectivity index (χ1) is 16.6. The molecule has 0 radical (unpaired) electrons. The molecule has 0 saturated heterocycles. The molecule has 0 atom stereocenters. The van der Waals surface area contributed by atoms with E-state index >= 15 is 0 Å². The third-order valence-electron chi connectivity index (χ3n) is 5.37. The van der Waals surface area contributed by atoms with Crippen LogP contribution in [-0.2, 0) is 6.54 Å². The zero-order valence-electron chi connectivity index (χ0n) is 19.0. The van der Waals surface area contributed by atoms with Crippen LogP contribution in [0.15, 0.2) is 85.3 Å². The van der Waals surface area contributed by atoms with Gasteiger partial charge in [-0.3, -0.25) is 4.79 Å². The van der Waals surface area contributed by atoms with Crippen molar-refractivity contribution in [3.8, 4) is 21.6 Å². The van der Waals surface area contributed by atoms with Crippen molar-refractivity contribution in [3.05, 3.63) is 96.6 Å². The molecule has 6 nitrogen and oxygen atoms in total. The van der Waals surface area contributed by atoms with E-state index in [2.05, 4.69) is 47.7 Å². The number of fused-ring (bicyclic) bond motifs is 1. The van der Waals surface area contributed by atoms with E-state index in [1.807, 2.05) is 65.3 Å². The monoisotopic (exact) mass is 467 g/mol. The first-order valence-electron chi connectivity index (χ1n) is 11.2. The normalized spacial score (nSPS) is 11.1. The Morgan fingerprint density at radius 3 is 2.47 bits per heavy atom. The van der Waals surface area contributed by atoms with Crippen LogP contribution in [0.25, 0.3) is 27.2 Å². The van der Waals surface area contributed by atoms with E-state index in [4.69, 9.17) is 4.98 Å². The average Bonchev–Trinajstić information content (AvgIpc) is 3.50. The Balaban J connectivity index is 1.52. The number of aromatic nitrogens is 3. The van der Waals surface area contributed by atoms with E-state index in [0.29, 0.717) is 18.3 Å². The maximum Gasteiger partial charge on any atom is 0.271 e. The van der Waals surface area contributed by atoms with Gasteiger partial charge in [-0.15, -0.1) is 0 Å². The van der Waals surface area contributed by atoms with Crippen molar-refractivity contribution in [2.24, 2.45) is 0 Å². The third kappa shape index (κ3) is 4.70. The molecule has 0 aliphatic carbocycles. The van der Waals surface area contributed by atoms with Crippen LogP contribution < -0.4 is 10.6 Å².